The molecule has 1 aliphatic heterocycles. The number of hydrogen-bond acceptors (Lipinski definition) is 4. The first-order valence-electron chi connectivity index (χ1n) is 8.38. The number of piperazine rings is 1. The summed E-state index contributed by atoms with van der Waals surface area (Å²) in [5.41, 5.74) is 1.10. The summed E-state index contributed by atoms with van der Waals surface area (Å²) in [5, 5.41) is 3.44. The van der Waals surface area contributed by atoms with Crippen LogP contribution in [0.3, 0.4) is 0 Å². The minimum absolute atomic E-state index is 0. The molecule has 0 spiro atoms. The summed E-state index contributed by atoms with van der Waals surface area (Å²) in [6, 6.07) is 12.1. The van der Waals surface area contributed by atoms with Crippen LogP contribution in [-0.4, -0.2) is 60.6 Å². The molecular weight excluding hydrogens is 427 g/mol. The Hall–Kier alpha value is -1.90. The molecule has 2 aromatic heterocycles. The Kier molecular flexibility index (Phi) is 7.90. The minimum atomic E-state index is 0. The highest BCUT2D eigenvalue weighted by Crippen LogP contribution is 2.12. The molecule has 25 heavy (non-hydrogen) atoms. The Bertz CT molecular complexity index is 641. The zero-order chi connectivity index (χ0) is 16.6. The normalized spacial score (nSPS) is 14.8. The molecule has 0 radical (unpaired) electrons. The van der Waals surface area contributed by atoms with Crippen molar-refractivity contribution < 1.29 is 0 Å². The van der Waals surface area contributed by atoms with Crippen molar-refractivity contribution >= 4 is 35.8 Å². The van der Waals surface area contributed by atoms with Crippen molar-refractivity contribution in [3.63, 3.8) is 0 Å². The molecular formula is C18H25IN6. The number of pyridine rings is 2. The van der Waals surface area contributed by atoms with E-state index in [9.17, 15) is 0 Å². The second-order valence-corrected chi connectivity index (χ2v) is 5.71. The highest BCUT2D eigenvalue weighted by molar-refractivity contribution is 14.0. The lowest BCUT2D eigenvalue weighted by Gasteiger charge is -2.37. The van der Waals surface area contributed by atoms with Gasteiger partial charge in [0.15, 0.2) is 5.96 Å². The summed E-state index contributed by atoms with van der Waals surface area (Å²) in [6.45, 7) is 4.64. The molecule has 1 fully saturated rings. The average molecular weight is 452 g/mol. The van der Waals surface area contributed by atoms with Gasteiger partial charge in [0.2, 0.25) is 0 Å². The second kappa shape index (κ2) is 10.2. The largest absolute Gasteiger partial charge is 0.356 e. The molecule has 0 unspecified atom stereocenters. The van der Waals surface area contributed by atoms with Crippen LogP contribution in [0.2, 0.25) is 0 Å². The maximum Gasteiger partial charge on any atom is 0.193 e. The zero-order valence-electron chi connectivity index (χ0n) is 14.5. The van der Waals surface area contributed by atoms with E-state index in [1.807, 2.05) is 43.7 Å². The van der Waals surface area contributed by atoms with Gasteiger partial charge in [0.1, 0.15) is 5.82 Å². The van der Waals surface area contributed by atoms with Crippen molar-refractivity contribution in [3.8, 4) is 0 Å². The lowest BCUT2D eigenvalue weighted by molar-refractivity contribution is 0.372. The molecule has 0 bridgehead atoms. The first-order valence-corrected chi connectivity index (χ1v) is 8.38. The van der Waals surface area contributed by atoms with E-state index in [1.54, 1.807) is 0 Å². The second-order valence-electron chi connectivity index (χ2n) is 5.71. The van der Waals surface area contributed by atoms with Gasteiger partial charge >= 0.3 is 0 Å². The summed E-state index contributed by atoms with van der Waals surface area (Å²) in [5.74, 6) is 2.02. The first kappa shape index (κ1) is 19.4. The molecule has 2 aromatic rings. The molecule has 3 heterocycles. The van der Waals surface area contributed by atoms with Crippen LogP contribution < -0.4 is 10.2 Å². The van der Waals surface area contributed by atoms with Crippen LogP contribution in [0.4, 0.5) is 5.82 Å². The van der Waals surface area contributed by atoms with E-state index < -0.39 is 0 Å². The number of halogens is 1. The van der Waals surface area contributed by atoms with Gasteiger partial charge in [0.25, 0.3) is 0 Å². The number of aromatic nitrogens is 2. The molecule has 6 nitrogen and oxygen atoms in total. The smallest absolute Gasteiger partial charge is 0.193 e. The van der Waals surface area contributed by atoms with Crippen molar-refractivity contribution in [3.05, 3.63) is 54.5 Å². The number of anilines is 1. The van der Waals surface area contributed by atoms with Crippen LogP contribution in [-0.2, 0) is 6.42 Å². The van der Waals surface area contributed by atoms with Crippen LogP contribution in [0.1, 0.15) is 5.69 Å². The standard InChI is InChI=1S/C18H24N6.HI/c1-19-18(22-11-8-16-6-2-4-9-20-16)24-14-12-23(13-15-24)17-7-3-5-10-21-17;/h2-7,9-10H,8,11-15H2,1H3,(H,19,22);1H. The predicted molar refractivity (Wildman–Crippen MR) is 113 cm³/mol. The molecule has 0 saturated carbocycles. The minimum Gasteiger partial charge on any atom is -0.356 e. The molecule has 0 atom stereocenters. The molecule has 0 amide bonds. The highest BCUT2D eigenvalue weighted by atomic mass is 127. The summed E-state index contributed by atoms with van der Waals surface area (Å²) in [7, 11) is 1.84. The Morgan fingerprint density at radius 3 is 2.36 bits per heavy atom. The van der Waals surface area contributed by atoms with Gasteiger partial charge in [0, 0.05) is 64.3 Å². The number of nitrogens with zero attached hydrogens (tertiary/aromatic N) is 5. The third-order valence-corrected chi connectivity index (χ3v) is 4.15. The maximum absolute atomic E-state index is 4.43. The monoisotopic (exact) mass is 452 g/mol. The predicted octanol–water partition coefficient (Wildman–Crippen LogP) is 2.03. The molecule has 7 heteroatoms. The highest BCUT2D eigenvalue weighted by Gasteiger charge is 2.20. The van der Waals surface area contributed by atoms with E-state index in [4.69, 9.17) is 0 Å². The van der Waals surface area contributed by atoms with E-state index in [2.05, 4.69) is 42.2 Å². The molecule has 0 aliphatic carbocycles. The number of guanidine groups is 1. The zero-order valence-corrected chi connectivity index (χ0v) is 16.8. The van der Waals surface area contributed by atoms with Crippen LogP contribution in [0, 0.1) is 0 Å². The van der Waals surface area contributed by atoms with Crippen LogP contribution >= 0.6 is 24.0 Å². The lowest BCUT2D eigenvalue weighted by Crippen LogP contribution is -2.53. The summed E-state index contributed by atoms with van der Waals surface area (Å²) >= 11 is 0. The van der Waals surface area contributed by atoms with Crippen LogP contribution in [0.5, 0.6) is 0 Å². The topological polar surface area (TPSA) is 56.7 Å². The molecule has 1 saturated heterocycles. The fraction of sp³-hybridized carbons (Fsp3) is 0.389. The Morgan fingerprint density at radius 2 is 1.76 bits per heavy atom. The third-order valence-electron chi connectivity index (χ3n) is 4.15. The number of hydrogen-bond donors (Lipinski definition) is 1. The van der Waals surface area contributed by atoms with Crippen molar-refractivity contribution in [1.29, 1.82) is 0 Å². The Morgan fingerprint density at radius 1 is 1.04 bits per heavy atom. The van der Waals surface area contributed by atoms with Crippen LogP contribution in [0.15, 0.2) is 53.8 Å². The Balaban J connectivity index is 0.00000225. The van der Waals surface area contributed by atoms with Crippen molar-refractivity contribution in [1.82, 2.24) is 20.2 Å². The number of rotatable bonds is 4. The van der Waals surface area contributed by atoms with Crippen molar-refractivity contribution in [2.45, 2.75) is 6.42 Å². The summed E-state index contributed by atoms with van der Waals surface area (Å²) in [4.78, 5) is 17.8. The van der Waals surface area contributed by atoms with E-state index in [1.165, 1.54) is 0 Å². The van der Waals surface area contributed by atoms with Crippen LogP contribution in [0.25, 0.3) is 0 Å². The van der Waals surface area contributed by atoms with E-state index in [0.29, 0.717) is 0 Å². The van der Waals surface area contributed by atoms with Gasteiger partial charge in [-0.05, 0) is 24.3 Å². The van der Waals surface area contributed by atoms with Gasteiger partial charge < -0.3 is 15.1 Å². The average Bonchev–Trinajstić information content (AvgIpc) is 2.67. The Labute approximate surface area is 166 Å². The summed E-state index contributed by atoms with van der Waals surface area (Å²) < 4.78 is 0. The van der Waals surface area contributed by atoms with Gasteiger partial charge in [0.05, 0.1) is 0 Å². The van der Waals surface area contributed by atoms with E-state index in [0.717, 1.165) is 56.6 Å². The lowest BCUT2D eigenvalue weighted by atomic mass is 10.2. The quantitative estimate of drug-likeness (QED) is 0.437. The summed E-state index contributed by atoms with van der Waals surface area (Å²) in [6.07, 6.45) is 4.58. The molecule has 0 aromatic carbocycles. The molecule has 3 rings (SSSR count). The van der Waals surface area contributed by atoms with Gasteiger partial charge in [-0.25, -0.2) is 4.98 Å². The SMILES string of the molecule is CN=C(NCCc1ccccn1)N1CCN(c2ccccn2)CC1.I. The van der Waals surface area contributed by atoms with Crippen molar-refractivity contribution in [2.24, 2.45) is 4.99 Å². The molecule has 134 valence electrons. The fourth-order valence-corrected chi connectivity index (χ4v) is 2.87. The third kappa shape index (κ3) is 5.55. The van der Waals surface area contributed by atoms with Gasteiger partial charge in [-0.15, -0.1) is 24.0 Å². The maximum atomic E-state index is 4.43. The molecule has 1 N–H and O–H groups in total. The number of aliphatic imine (C=N–C) groups is 1. The van der Waals surface area contributed by atoms with Gasteiger partial charge in [-0.1, -0.05) is 12.1 Å². The van der Waals surface area contributed by atoms with Gasteiger partial charge in [-0.2, -0.15) is 0 Å². The number of nitrogens with one attached hydrogen (secondary N) is 1. The first-order chi connectivity index (χ1) is 11.9. The van der Waals surface area contributed by atoms with E-state index >= 15 is 0 Å². The van der Waals surface area contributed by atoms with Gasteiger partial charge in [-0.3, -0.25) is 9.98 Å². The van der Waals surface area contributed by atoms with Crippen molar-refractivity contribution in [2.75, 3.05) is 44.7 Å². The fourth-order valence-electron chi connectivity index (χ4n) is 2.87. The van der Waals surface area contributed by atoms with E-state index in [-0.39, 0.29) is 24.0 Å². The molecule has 1 aliphatic rings.